The summed E-state index contributed by atoms with van der Waals surface area (Å²) in [6.45, 7) is 2.20. The van der Waals surface area contributed by atoms with Crippen LogP contribution in [0.25, 0.3) is 0 Å². The molecule has 0 radical (unpaired) electrons. The molecule has 0 saturated heterocycles. The number of benzene rings is 2. The Kier molecular flexibility index (Phi) is 8.44. The van der Waals surface area contributed by atoms with Crippen LogP contribution in [0.1, 0.15) is 29.2 Å². The predicted octanol–water partition coefficient (Wildman–Crippen LogP) is 3.89. The normalized spacial score (nSPS) is 14.1. The average Bonchev–Trinajstić information content (AvgIpc) is 2.80. The van der Waals surface area contributed by atoms with Crippen LogP contribution in [0.3, 0.4) is 0 Å². The van der Waals surface area contributed by atoms with Gasteiger partial charge in [-0.15, -0.1) is 0 Å². The minimum atomic E-state index is -4.42. The summed E-state index contributed by atoms with van der Waals surface area (Å²) in [5, 5.41) is 26.9. The van der Waals surface area contributed by atoms with Crippen molar-refractivity contribution in [3.05, 3.63) is 70.8 Å². The first-order valence-electron chi connectivity index (χ1n) is 9.07. The Balaban J connectivity index is 0.00000166. The molecule has 1 aliphatic rings. The van der Waals surface area contributed by atoms with Gasteiger partial charge in [-0.3, -0.25) is 5.41 Å². The van der Waals surface area contributed by atoms with Gasteiger partial charge in [0.15, 0.2) is 6.61 Å². The molecule has 2 aromatic carbocycles. The van der Waals surface area contributed by atoms with Gasteiger partial charge in [0.05, 0.1) is 17.5 Å². The number of aliphatic hydroxyl groups is 1. The lowest BCUT2D eigenvalue weighted by Gasteiger charge is -2.14. The van der Waals surface area contributed by atoms with Crippen molar-refractivity contribution in [2.75, 3.05) is 20.3 Å². The van der Waals surface area contributed by atoms with Crippen molar-refractivity contribution in [2.24, 2.45) is 15.4 Å². The molecule has 2 N–H and O–H groups in total. The van der Waals surface area contributed by atoms with Crippen molar-refractivity contribution >= 4 is 23.5 Å². The number of nitrogens with zero attached hydrogens (tertiary/aromatic N) is 3. The molecule has 7 nitrogen and oxygen atoms in total. The van der Waals surface area contributed by atoms with Gasteiger partial charge in [0.1, 0.15) is 12.3 Å². The molecule has 10 heteroatoms. The monoisotopic (exact) mass is 434 g/mol. The summed E-state index contributed by atoms with van der Waals surface area (Å²) in [4.78, 5) is 4.95. The number of halogens is 3. The number of ether oxygens (including phenoxy) is 1. The fourth-order valence-corrected chi connectivity index (χ4v) is 2.53. The van der Waals surface area contributed by atoms with Gasteiger partial charge in [-0.25, -0.2) is 0 Å². The van der Waals surface area contributed by atoms with Gasteiger partial charge in [0, 0.05) is 18.2 Å². The van der Waals surface area contributed by atoms with E-state index in [4.69, 9.17) is 20.1 Å². The van der Waals surface area contributed by atoms with Crippen LogP contribution in [0.5, 0.6) is 0 Å². The van der Waals surface area contributed by atoms with Crippen LogP contribution in [-0.4, -0.2) is 49.0 Å². The van der Waals surface area contributed by atoms with Crippen molar-refractivity contribution in [3.8, 4) is 0 Å². The van der Waals surface area contributed by atoms with Crippen molar-refractivity contribution in [1.82, 2.24) is 0 Å². The third kappa shape index (κ3) is 6.48. The Morgan fingerprint density at radius 3 is 2.55 bits per heavy atom. The van der Waals surface area contributed by atoms with Crippen LogP contribution in [0.2, 0.25) is 0 Å². The zero-order chi connectivity index (χ0) is 22.9. The number of nitrogens with one attached hydrogen (secondary N) is 1. The second-order valence-corrected chi connectivity index (χ2v) is 6.05. The van der Waals surface area contributed by atoms with Crippen LogP contribution in [0.15, 0.2) is 63.9 Å². The van der Waals surface area contributed by atoms with Crippen LogP contribution in [-0.2, 0) is 15.8 Å². The molecule has 0 amide bonds. The highest BCUT2D eigenvalue weighted by molar-refractivity contribution is 6.45. The summed E-state index contributed by atoms with van der Waals surface area (Å²) in [7, 11) is 1.00. The van der Waals surface area contributed by atoms with E-state index in [1.54, 1.807) is 31.2 Å². The molecule has 1 heterocycles. The molecule has 0 aliphatic carbocycles. The second-order valence-electron chi connectivity index (χ2n) is 6.05. The molecule has 0 unspecified atom stereocenters. The molecule has 0 bridgehead atoms. The molecule has 0 atom stereocenters. The van der Waals surface area contributed by atoms with E-state index >= 15 is 0 Å². The molecule has 0 aromatic heterocycles. The SMILES string of the molecule is C/C(=N\N=C\c1ccccc1C(=N)C1=NOCCO1)c1cccc(C(F)(F)F)c1.CO. The number of aliphatic hydroxyl groups excluding tert-OH is 1. The summed E-state index contributed by atoms with van der Waals surface area (Å²) >= 11 is 0. The zero-order valence-electron chi connectivity index (χ0n) is 16.8. The smallest absolute Gasteiger partial charge is 0.416 e. The molecule has 3 rings (SSSR count). The summed E-state index contributed by atoms with van der Waals surface area (Å²) in [6, 6.07) is 11.8. The van der Waals surface area contributed by atoms with Crippen LogP contribution in [0.4, 0.5) is 13.2 Å². The Labute approximate surface area is 177 Å². The molecular weight excluding hydrogens is 413 g/mol. The fourth-order valence-electron chi connectivity index (χ4n) is 2.53. The van der Waals surface area contributed by atoms with E-state index < -0.39 is 11.7 Å². The average molecular weight is 434 g/mol. The van der Waals surface area contributed by atoms with Gasteiger partial charge < -0.3 is 14.7 Å². The minimum Gasteiger partial charge on any atom is -0.470 e. The van der Waals surface area contributed by atoms with E-state index in [-0.39, 0.29) is 11.6 Å². The zero-order valence-corrected chi connectivity index (χ0v) is 16.8. The van der Waals surface area contributed by atoms with Gasteiger partial charge >= 0.3 is 6.18 Å². The quantitative estimate of drug-likeness (QED) is 0.552. The number of alkyl halides is 3. The number of oxime groups is 1. The van der Waals surface area contributed by atoms with Gasteiger partial charge in [0.25, 0.3) is 5.90 Å². The van der Waals surface area contributed by atoms with E-state index in [1.807, 2.05) is 0 Å². The maximum absolute atomic E-state index is 12.9. The maximum Gasteiger partial charge on any atom is 0.416 e. The van der Waals surface area contributed by atoms with Gasteiger partial charge in [0.2, 0.25) is 0 Å². The predicted molar refractivity (Wildman–Crippen MR) is 112 cm³/mol. The van der Waals surface area contributed by atoms with Crippen molar-refractivity contribution < 1.29 is 27.9 Å². The molecule has 2 aromatic rings. The topological polar surface area (TPSA) is 99.6 Å². The summed E-state index contributed by atoms with van der Waals surface area (Å²) in [5.41, 5.74) is 1.02. The Bertz CT molecular complexity index is 1000. The Morgan fingerprint density at radius 1 is 1.13 bits per heavy atom. The minimum absolute atomic E-state index is 0.0327. The largest absolute Gasteiger partial charge is 0.470 e. The van der Waals surface area contributed by atoms with Gasteiger partial charge in [-0.2, -0.15) is 23.4 Å². The highest BCUT2D eigenvalue weighted by atomic mass is 19.4. The highest BCUT2D eigenvalue weighted by Crippen LogP contribution is 2.29. The van der Waals surface area contributed by atoms with Crippen LogP contribution in [0, 0.1) is 5.41 Å². The fraction of sp³-hybridized carbons (Fsp3) is 0.238. The third-order valence-corrected chi connectivity index (χ3v) is 4.02. The Hall–Kier alpha value is -3.53. The molecule has 31 heavy (non-hydrogen) atoms. The standard InChI is InChI=1S/C20H17F3N4O2.CH4O/c1-13(14-6-4-7-16(11-14)20(21,22)23)26-25-12-15-5-2-3-8-17(15)18(24)19-27-29-10-9-28-19;1-2/h2-8,11-12,24H,9-10H2,1H3;2H,1H3/b24-18?,25-12+,26-13+;. The lowest BCUT2D eigenvalue weighted by atomic mass is 10.0. The summed E-state index contributed by atoms with van der Waals surface area (Å²) < 4.78 is 43.9. The van der Waals surface area contributed by atoms with Crippen molar-refractivity contribution in [3.63, 3.8) is 0 Å². The Morgan fingerprint density at radius 2 is 1.87 bits per heavy atom. The first-order valence-corrected chi connectivity index (χ1v) is 9.07. The molecule has 1 aliphatic heterocycles. The molecule has 0 spiro atoms. The third-order valence-electron chi connectivity index (χ3n) is 4.02. The molecule has 0 saturated carbocycles. The van der Waals surface area contributed by atoms with E-state index in [1.165, 1.54) is 18.3 Å². The first kappa shape index (κ1) is 23.7. The summed E-state index contributed by atoms with van der Waals surface area (Å²) in [5.74, 6) is 0.0701. The number of hydrogen-bond donors (Lipinski definition) is 2. The van der Waals surface area contributed by atoms with E-state index in [0.717, 1.165) is 19.2 Å². The van der Waals surface area contributed by atoms with Crippen molar-refractivity contribution in [2.45, 2.75) is 13.1 Å². The van der Waals surface area contributed by atoms with E-state index in [0.29, 0.717) is 35.6 Å². The lowest BCUT2D eigenvalue weighted by molar-refractivity contribution is -0.137. The summed E-state index contributed by atoms with van der Waals surface area (Å²) in [6.07, 6.45) is -3.00. The number of rotatable bonds is 5. The molecule has 164 valence electrons. The van der Waals surface area contributed by atoms with Crippen LogP contribution >= 0.6 is 0 Å². The maximum atomic E-state index is 12.9. The van der Waals surface area contributed by atoms with E-state index in [2.05, 4.69) is 15.4 Å². The van der Waals surface area contributed by atoms with Crippen LogP contribution < -0.4 is 0 Å². The van der Waals surface area contributed by atoms with Crippen molar-refractivity contribution in [1.29, 1.82) is 5.41 Å². The number of hydrogen-bond acceptors (Lipinski definition) is 7. The van der Waals surface area contributed by atoms with Gasteiger partial charge in [-0.05, 0) is 29.8 Å². The highest BCUT2D eigenvalue weighted by Gasteiger charge is 2.30. The molecular formula is C21H21F3N4O3. The first-order chi connectivity index (χ1) is 14.9. The second kappa shape index (κ2) is 11.0. The van der Waals surface area contributed by atoms with Gasteiger partial charge in [-0.1, -0.05) is 36.4 Å². The molecule has 0 fully saturated rings. The van der Waals surface area contributed by atoms with E-state index in [9.17, 15) is 13.2 Å². The lowest BCUT2D eigenvalue weighted by Crippen LogP contribution is -2.25.